The Morgan fingerprint density at radius 3 is 2.45 bits per heavy atom. The molecule has 3 aromatic carbocycles. The van der Waals surface area contributed by atoms with Crippen LogP contribution in [0.2, 0.25) is 0 Å². The summed E-state index contributed by atoms with van der Waals surface area (Å²) in [5.41, 5.74) is 1.77. The maximum absolute atomic E-state index is 17.2. The first kappa shape index (κ1) is 49.1. The number of halogens is 2. The number of aromatic nitrogens is 3. The molecule has 4 atom stereocenters. The average molecular weight is 1010 g/mol. The largest absolute Gasteiger partial charge is 0.461 e. The molecule has 2 aromatic heterocycles. The number of hydrogen-bond acceptors (Lipinski definition) is 13. The number of rotatable bonds is 14. The fourth-order valence-electron chi connectivity index (χ4n) is 12.1. The number of carbonyl (C=O) groups is 4. The van der Waals surface area contributed by atoms with Gasteiger partial charge in [0.15, 0.2) is 12.0 Å². The molecule has 2 bridgehead atoms. The number of piperazine rings is 2. The van der Waals surface area contributed by atoms with Crippen molar-refractivity contribution < 1.29 is 37.4 Å². The number of nitrogens with zero attached hydrogens (tertiary/aromatic N) is 9. The molecule has 0 radical (unpaired) electrons. The number of amides is 5. The van der Waals surface area contributed by atoms with Crippen molar-refractivity contribution in [3.63, 3.8) is 0 Å². The standard InChI is InChI=1S/C55H61F2N11O6/c1-3-40-43(56)19-12-35-9-7-10-41(47(35)40)49-48(57)50-42(31-58-49)51(66-32-36-13-14-37(33-66)59-36)62-52(61-50)73-34-55-22-8-25-68(55)46(20-23-55)74-54(72)63(2)24-6-4-5-11-45(70)65-29-27-64(28-30-65)38-15-17-39(18-16-38)67-26-21-44(69)60-53(67)71/h1,7,9-10,12,15-19,31,36-37,46,59H,4-6,8,11,13-14,20-30,32-34H2,2H3,(H,60,69,71)/t36?,37?,46-,55-/m0/s1. The maximum atomic E-state index is 17.2. The highest BCUT2D eigenvalue weighted by Gasteiger charge is 2.52. The molecule has 6 fully saturated rings. The number of pyridine rings is 1. The summed E-state index contributed by atoms with van der Waals surface area (Å²) in [6.45, 7) is 5.83. The number of urea groups is 1. The molecule has 6 aliphatic rings. The molecule has 0 saturated carbocycles. The van der Waals surface area contributed by atoms with Crippen LogP contribution < -0.4 is 30.1 Å². The minimum atomic E-state index is -0.681. The van der Waals surface area contributed by atoms with Crippen LogP contribution >= 0.6 is 0 Å². The molecule has 17 nitrogen and oxygen atoms in total. The van der Waals surface area contributed by atoms with E-state index in [9.17, 15) is 19.2 Å². The average Bonchev–Trinajstić information content (AvgIpc) is 4.10. The van der Waals surface area contributed by atoms with Crippen molar-refractivity contribution in [2.75, 3.05) is 87.3 Å². The second-order valence-corrected chi connectivity index (χ2v) is 20.6. The van der Waals surface area contributed by atoms with Gasteiger partial charge in [-0.2, -0.15) is 9.97 Å². The highest BCUT2D eigenvalue weighted by Crippen LogP contribution is 2.44. The van der Waals surface area contributed by atoms with Crippen LogP contribution in [0.5, 0.6) is 6.01 Å². The number of unbranched alkanes of at least 4 members (excludes halogenated alkanes) is 2. The van der Waals surface area contributed by atoms with Crippen molar-refractivity contribution in [1.82, 2.24) is 40.3 Å². The van der Waals surface area contributed by atoms with Crippen LogP contribution in [-0.4, -0.2) is 150 Å². The first-order valence-electron chi connectivity index (χ1n) is 26.1. The number of hydrogen-bond donors (Lipinski definition) is 2. The van der Waals surface area contributed by atoms with Crippen LogP contribution in [0, 0.1) is 24.0 Å². The van der Waals surface area contributed by atoms with Crippen LogP contribution in [0.1, 0.15) is 76.2 Å². The lowest BCUT2D eigenvalue weighted by Crippen LogP contribution is -2.51. The number of benzene rings is 3. The zero-order valence-electron chi connectivity index (χ0n) is 41.7. The summed E-state index contributed by atoms with van der Waals surface area (Å²) >= 11 is 0. The van der Waals surface area contributed by atoms with Crippen LogP contribution in [0.25, 0.3) is 32.9 Å². The SMILES string of the molecule is C#Cc1c(F)ccc2cccc(-c3ncc4c(N5CC6CCC(C5)N6)nc(OC[C@@]56CCCN5[C@@H](OC(=O)N(C)CCCCCC(=O)N5CCN(c7ccc(N8CCC(=O)NC8=O)cc7)CC5)CC6)nc4c3F)c12. The predicted molar refractivity (Wildman–Crippen MR) is 276 cm³/mol. The van der Waals surface area contributed by atoms with Gasteiger partial charge in [0.25, 0.3) is 0 Å². The Bertz CT molecular complexity index is 3030. The van der Waals surface area contributed by atoms with E-state index in [0.29, 0.717) is 92.7 Å². The molecular formula is C55H61F2N11O6. The Labute approximate surface area is 428 Å². The van der Waals surface area contributed by atoms with Crippen LogP contribution in [0.4, 0.5) is 35.6 Å². The first-order chi connectivity index (χ1) is 35.9. The topological polar surface area (TPSA) is 169 Å². The molecule has 0 aliphatic carbocycles. The minimum absolute atomic E-state index is 0.00110. The quantitative estimate of drug-likeness (QED) is 0.0881. The van der Waals surface area contributed by atoms with Gasteiger partial charge in [-0.05, 0) is 80.7 Å². The van der Waals surface area contributed by atoms with E-state index in [1.807, 2.05) is 29.2 Å². The molecule has 6 saturated heterocycles. The lowest BCUT2D eigenvalue weighted by molar-refractivity contribution is -0.131. The van der Waals surface area contributed by atoms with E-state index < -0.39 is 35.5 Å². The number of imide groups is 1. The highest BCUT2D eigenvalue weighted by atomic mass is 19.1. The van der Waals surface area contributed by atoms with Crippen molar-refractivity contribution in [3.8, 4) is 29.6 Å². The van der Waals surface area contributed by atoms with Crippen LogP contribution in [0.15, 0.2) is 60.8 Å². The molecule has 2 N–H and O–H groups in total. The van der Waals surface area contributed by atoms with Gasteiger partial charge in [0, 0.05) is 126 Å². The second-order valence-electron chi connectivity index (χ2n) is 20.6. The third-order valence-electron chi connectivity index (χ3n) is 16.0. The molecule has 0 spiro atoms. The fraction of sp³-hybridized carbons (Fsp3) is 0.473. The normalized spacial score (nSPS) is 22.8. The molecule has 5 amide bonds. The van der Waals surface area contributed by atoms with E-state index in [2.05, 4.69) is 36.2 Å². The number of ether oxygens (including phenoxy) is 2. The zero-order valence-corrected chi connectivity index (χ0v) is 41.7. The van der Waals surface area contributed by atoms with Gasteiger partial charge in [-0.3, -0.25) is 29.7 Å². The van der Waals surface area contributed by atoms with E-state index in [0.717, 1.165) is 69.3 Å². The van der Waals surface area contributed by atoms with Crippen LogP contribution in [0.3, 0.4) is 0 Å². The zero-order chi connectivity index (χ0) is 51.1. The van der Waals surface area contributed by atoms with Gasteiger partial charge < -0.3 is 34.4 Å². The molecule has 8 heterocycles. The van der Waals surface area contributed by atoms with Gasteiger partial charge in [-0.1, -0.05) is 36.6 Å². The van der Waals surface area contributed by atoms with Crippen molar-refractivity contribution >= 4 is 62.8 Å². The lowest BCUT2D eigenvalue weighted by atomic mass is 9.95. The van der Waals surface area contributed by atoms with Crippen molar-refractivity contribution in [3.05, 3.63) is 78.0 Å². The third-order valence-corrected chi connectivity index (χ3v) is 16.0. The minimum Gasteiger partial charge on any atom is -0.461 e. The van der Waals surface area contributed by atoms with Crippen molar-refractivity contribution in [1.29, 1.82) is 0 Å². The van der Waals surface area contributed by atoms with E-state index in [-0.39, 0.29) is 59.7 Å². The molecular weight excluding hydrogens is 949 g/mol. The van der Waals surface area contributed by atoms with Crippen molar-refractivity contribution in [2.24, 2.45) is 0 Å². The number of carbonyl (C=O) groups excluding carboxylic acids is 4. The van der Waals surface area contributed by atoms with Crippen molar-refractivity contribution in [2.45, 2.75) is 94.5 Å². The molecule has 6 aliphatic heterocycles. The molecule has 11 rings (SSSR count). The van der Waals surface area contributed by atoms with Crippen LogP contribution in [-0.2, 0) is 14.3 Å². The highest BCUT2D eigenvalue weighted by molar-refractivity contribution is 6.06. The monoisotopic (exact) mass is 1010 g/mol. The Hall–Kier alpha value is -7.17. The summed E-state index contributed by atoms with van der Waals surface area (Å²) in [5.74, 6) is 1.62. The lowest BCUT2D eigenvalue weighted by Gasteiger charge is -2.36. The molecule has 386 valence electrons. The van der Waals surface area contributed by atoms with Gasteiger partial charge in [-0.25, -0.2) is 18.4 Å². The predicted octanol–water partition coefficient (Wildman–Crippen LogP) is 6.80. The molecule has 2 unspecified atom stereocenters. The Balaban J connectivity index is 0.683. The summed E-state index contributed by atoms with van der Waals surface area (Å²) < 4.78 is 44.9. The number of anilines is 3. The Morgan fingerprint density at radius 2 is 1.68 bits per heavy atom. The summed E-state index contributed by atoms with van der Waals surface area (Å²) in [7, 11) is 1.74. The second kappa shape index (κ2) is 20.6. The van der Waals surface area contributed by atoms with Gasteiger partial charge in [0.1, 0.15) is 29.5 Å². The summed E-state index contributed by atoms with van der Waals surface area (Å²) in [4.78, 5) is 76.4. The summed E-state index contributed by atoms with van der Waals surface area (Å²) in [5, 5.41) is 7.52. The number of terminal acetylenes is 1. The third kappa shape index (κ3) is 9.61. The van der Waals surface area contributed by atoms with Gasteiger partial charge in [0.05, 0.1) is 16.5 Å². The fourth-order valence-corrected chi connectivity index (χ4v) is 12.1. The van der Waals surface area contributed by atoms with E-state index in [1.54, 1.807) is 47.3 Å². The first-order valence-corrected chi connectivity index (χ1v) is 26.1. The van der Waals surface area contributed by atoms with Gasteiger partial charge in [0.2, 0.25) is 11.8 Å². The number of nitrogens with one attached hydrogen (secondary N) is 2. The Kier molecular flexibility index (Phi) is 13.7. The number of fused-ring (bicyclic) bond motifs is 5. The summed E-state index contributed by atoms with van der Waals surface area (Å²) in [6, 6.07) is 16.1. The maximum Gasteiger partial charge on any atom is 0.411 e. The molecule has 74 heavy (non-hydrogen) atoms. The van der Waals surface area contributed by atoms with E-state index >= 15 is 8.78 Å². The van der Waals surface area contributed by atoms with E-state index in [1.165, 1.54) is 6.07 Å². The molecule has 19 heteroatoms. The van der Waals surface area contributed by atoms with Gasteiger partial charge in [-0.15, -0.1) is 6.42 Å². The summed E-state index contributed by atoms with van der Waals surface area (Å²) in [6.07, 6.45) is 14.7. The van der Waals surface area contributed by atoms with Gasteiger partial charge >= 0.3 is 18.1 Å². The van der Waals surface area contributed by atoms with E-state index in [4.69, 9.17) is 25.9 Å². The Morgan fingerprint density at radius 1 is 0.892 bits per heavy atom. The smallest absolute Gasteiger partial charge is 0.411 e. The molecule has 5 aromatic rings.